The molecular weight excluding hydrogens is 214 g/mol. The normalized spacial score (nSPS) is 10.7. The molecule has 0 amide bonds. The molecule has 1 heterocycles. The minimum atomic E-state index is -2.67. The predicted octanol–water partition coefficient (Wildman–Crippen LogP) is 2.58. The molecule has 0 unspecified atom stereocenters. The quantitative estimate of drug-likeness (QED) is 0.811. The van der Waals surface area contributed by atoms with Crippen molar-refractivity contribution in [2.45, 2.75) is 6.43 Å². The van der Waals surface area contributed by atoms with Crippen LogP contribution >= 0.6 is 0 Å². The van der Waals surface area contributed by atoms with E-state index in [9.17, 15) is 13.6 Å². The third kappa shape index (κ3) is 1.98. The number of carbonyl (C=O) groups is 1. The van der Waals surface area contributed by atoms with Gasteiger partial charge in [-0.15, -0.1) is 0 Å². The summed E-state index contributed by atoms with van der Waals surface area (Å²) in [5.41, 5.74) is 0.0905. The van der Waals surface area contributed by atoms with E-state index >= 15 is 0 Å². The first kappa shape index (κ1) is 10.5. The van der Waals surface area contributed by atoms with E-state index in [2.05, 4.69) is 10.2 Å². The summed E-state index contributed by atoms with van der Waals surface area (Å²) in [6.45, 7) is 0. The number of rotatable bonds is 3. The Morgan fingerprint density at radius 2 is 1.94 bits per heavy atom. The van der Waals surface area contributed by atoms with Gasteiger partial charge in [0.25, 0.3) is 6.43 Å². The number of benzene rings is 1. The molecule has 16 heavy (non-hydrogen) atoms. The van der Waals surface area contributed by atoms with E-state index in [4.69, 9.17) is 0 Å². The van der Waals surface area contributed by atoms with Crippen LogP contribution in [0.5, 0.6) is 0 Å². The van der Waals surface area contributed by atoms with Crippen LogP contribution < -0.4 is 0 Å². The summed E-state index contributed by atoms with van der Waals surface area (Å²) in [6.07, 6.45) is -2.67. The first-order valence-electron chi connectivity index (χ1n) is 4.61. The van der Waals surface area contributed by atoms with Gasteiger partial charge in [-0.25, -0.2) is 8.78 Å². The lowest BCUT2D eigenvalue weighted by Gasteiger charge is -1.95. The Hall–Kier alpha value is -2.04. The highest BCUT2D eigenvalue weighted by Crippen LogP contribution is 2.17. The number of ketones is 1. The van der Waals surface area contributed by atoms with Gasteiger partial charge < -0.3 is 0 Å². The van der Waals surface area contributed by atoms with Gasteiger partial charge in [-0.05, 0) is 6.07 Å². The first-order valence-corrected chi connectivity index (χ1v) is 4.61. The van der Waals surface area contributed by atoms with Gasteiger partial charge in [0.2, 0.25) is 5.78 Å². The van der Waals surface area contributed by atoms with Crippen LogP contribution in [-0.4, -0.2) is 16.0 Å². The molecule has 0 radical (unpaired) electrons. The molecule has 0 atom stereocenters. The fourth-order valence-electron chi connectivity index (χ4n) is 1.31. The van der Waals surface area contributed by atoms with E-state index < -0.39 is 12.1 Å². The van der Waals surface area contributed by atoms with Gasteiger partial charge in [-0.3, -0.25) is 9.89 Å². The molecule has 82 valence electrons. The summed E-state index contributed by atoms with van der Waals surface area (Å²) in [4.78, 5) is 11.8. The third-order valence-corrected chi connectivity index (χ3v) is 2.10. The zero-order valence-corrected chi connectivity index (χ0v) is 8.15. The van der Waals surface area contributed by atoms with Crippen molar-refractivity contribution in [1.82, 2.24) is 10.2 Å². The summed E-state index contributed by atoms with van der Waals surface area (Å²) in [7, 11) is 0. The van der Waals surface area contributed by atoms with Crippen LogP contribution in [0.2, 0.25) is 0 Å². The van der Waals surface area contributed by atoms with E-state index in [1.54, 1.807) is 30.3 Å². The lowest BCUT2D eigenvalue weighted by atomic mass is 10.1. The molecule has 0 saturated heterocycles. The smallest absolute Gasteiger partial charge is 0.282 e. The largest absolute Gasteiger partial charge is 0.287 e. The van der Waals surface area contributed by atoms with Gasteiger partial charge in [0.05, 0.1) is 0 Å². The van der Waals surface area contributed by atoms with Crippen molar-refractivity contribution in [2.75, 3.05) is 0 Å². The predicted molar refractivity (Wildman–Crippen MR) is 53.4 cm³/mol. The topological polar surface area (TPSA) is 45.8 Å². The van der Waals surface area contributed by atoms with Crippen molar-refractivity contribution in [3.63, 3.8) is 0 Å². The van der Waals surface area contributed by atoms with Crippen LogP contribution in [0.15, 0.2) is 36.4 Å². The number of hydrogen-bond donors (Lipinski definition) is 1. The van der Waals surface area contributed by atoms with E-state index in [0.29, 0.717) is 5.56 Å². The standard InChI is InChI=1S/C11H8F2N2O/c12-11(13)9-6-8(14-15-9)10(16)7-4-2-1-3-5-7/h1-6,11H,(H,14,15). The zero-order chi connectivity index (χ0) is 11.5. The van der Waals surface area contributed by atoms with Crippen molar-refractivity contribution >= 4 is 5.78 Å². The molecular formula is C11H8F2N2O. The minimum Gasteiger partial charge on any atom is -0.287 e. The number of carbonyl (C=O) groups excluding carboxylic acids is 1. The van der Waals surface area contributed by atoms with Crippen molar-refractivity contribution < 1.29 is 13.6 Å². The van der Waals surface area contributed by atoms with Crippen LogP contribution in [0.25, 0.3) is 0 Å². The third-order valence-electron chi connectivity index (χ3n) is 2.10. The number of aromatic amines is 1. The average Bonchev–Trinajstić information content (AvgIpc) is 2.78. The van der Waals surface area contributed by atoms with Gasteiger partial charge in [0, 0.05) is 5.56 Å². The van der Waals surface area contributed by atoms with E-state index in [0.717, 1.165) is 6.07 Å². The molecule has 3 nitrogen and oxygen atoms in total. The van der Waals surface area contributed by atoms with Crippen molar-refractivity contribution in [2.24, 2.45) is 0 Å². The first-order chi connectivity index (χ1) is 7.68. The average molecular weight is 222 g/mol. The monoisotopic (exact) mass is 222 g/mol. The Bertz CT molecular complexity index is 494. The van der Waals surface area contributed by atoms with E-state index in [1.807, 2.05) is 0 Å². The van der Waals surface area contributed by atoms with E-state index in [1.165, 1.54) is 0 Å². The molecule has 5 heteroatoms. The van der Waals surface area contributed by atoms with Gasteiger partial charge in [-0.1, -0.05) is 30.3 Å². The summed E-state index contributed by atoms with van der Waals surface area (Å²) in [6, 6.07) is 9.49. The highest BCUT2D eigenvalue weighted by atomic mass is 19.3. The molecule has 0 saturated carbocycles. The number of alkyl halides is 2. The second-order valence-electron chi connectivity index (χ2n) is 3.20. The summed E-state index contributed by atoms with van der Waals surface area (Å²) >= 11 is 0. The van der Waals surface area contributed by atoms with Crippen molar-refractivity contribution in [3.05, 3.63) is 53.3 Å². The lowest BCUT2D eigenvalue weighted by molar-refractivity contribution is 0.103. The maximum atomic E-state index is 12.3. The molecule has 0 aliphatic rings. The SMILES string of the molecule is O=C(c1ccccc1)c1cc(C(F)F)n[nH]1. The molecule has 1 aromatic heterocycles. The fourth-order valence-corrected chi connectivity index (χ4v) is 1.31. The molecule has 0 aliphatic heterocycles. The van der Waals surface area contributed by atoms with Crippen LogP contribution in [0.3, 0.4) is 0 Å². The minimum absolute atomic E-state index is 0.0708. The highest BCUT2D eigenvalue weighted by molar-refractivity contribution is 6.07. The number of nitrogens with one attached hydrogen (secondary N) is 1. The lowest BCUT2D eigenvalue weighted by Crippen LogP contribution is -2.00. The molecule has 0 aliphatic carbocycles. The Morgan fingerprint density at radius 3 is 2.50 bits per heavy atom. The zero-order valence-electron chi connectivity index (χ0n) is 8.15. The van der Waals surface area contributed by atoms with Crippen LogP contribution in [0.4, 0.5) is 8.78 Å². The summed E-state index contributed by atoms with van der Waals surface area (Å²) < 4.78 is 24.5. The maximum absolute atomic E-state index is 12.3. The fraction of sp³-hybridized carbons (Fsp3) is 0.0909. The number of nitrogens with zero attached hydrogens (tertiary/aromatic N) is 1. The van der Waals surface area contributed by atoms with Crippen LogP contribution in [-0.2, 0) is 0 Å². The molecule has 0 bridgehead atoms. The number of halogens is 2. The van der Waals surface area contributed by atoms with E-state index in [-0.39, 0.29) is 11.5 Å². The second-order valence-corrected chi connectivity index (χ2v) is 3.20. The van der Waals surface area contributed by atoms with Gasteiger partial charge >= 0.3 is 0 Å². The molecule has 0 fully saturated rings. The van der Waals surface area contributed by atoms with Gasteiger partial charge in [0.1, 0.15) is 11.4 Å². The Kier molecular flexibility index (Phi) is 2.76. The summed E-state index contributed by atoms with van der Waals surface area (Å²) in [5.74, 6) is -0.347. The number of H-pyrrole nitrogens is 1. The van der Waals surface area contributed by atoms with Gasteiger partial charge in [-0.2, -0.15) is 5.10 Å². The summed E-state index contributed by atoms with van der Waals surface area (Å²) in [5, 5.41) is 5.67. The van der Waals surface area contributed by atoms with Gasteiger partial charge in [0.15, 0.2) is 0 Å². The molecule has 2 aromatic rings. The molecule has 0 spiro atoms. The molecule has 1 N–H and O–H groups in total. The molecule has 1 aromatic carbocycles. The Morgan fingerprint density at radius 1 is 1.25 bits per heavy atom. The van der Waals surface area contributed by atoms with Crippen molar-refractivity contribution in [1.29, 1.82) is 0 Å². The Balaban J connectivity index is 2.28. The molecule has 2 rings (SSSR count). The number of hydrogen-bond acceptors (Lipinski definition) is 2. The number of aromatic nitrogens is 2. The second kappa shape index (κ2) is 4.22. The Labute approximate surface area is 90.1 Å². The van der Waals surface area contributed by atoms with Crippen molar-refractivity contribution in [3.8, 4) is 0 Å². The van der Waals surface area contributed by atoms with Crippen LogP contribution in [0.1, 0.15) is 28.2 Å². The van der Waals surface area contributed by atoms with Crippen LogP contribution in [0, 0.1) is 0 Å². The highest BCUT2D eigenvalue weighted by Gasteiger charge is 2.16. The maximum Gasteiger partial charge on any atom is 0.282 e.